The van der Waals surface area contributed by atoms with Crippen molar-refractivity contribution < 1.29 is 26.0 Å². The molecule has 3 aromatic rings. The van der Waals surface area contributed by atoms with E-state index in [4.69, 9.17) is 16.0 Å². The number of hydrogen-bond acceptors (Lipinski definition) is 8. The predicted molar refractivity (Wildman–Crippen MR) is 123 cm³/mol. The van der Waals surface area contributed by atoms with Gasteiger partial charge in [0, 0.05) is 17.0 Å². The first kappa shape index (κ1) is 24.9. The number of nitrogens with one attached hydrogen (secondary N) is 1. The van der Waals surface area contributed by atoms with Crippen LogP contribution in [0, 0.1) is 0 Å². The molecule has 1 aromatic heterocycles. The van der Waals surface area contributed by atoms with E-state index in [1.807, 2.05) is 0 Å². The van der Waals surface area contributed by atoms with Crippen LogP contribution in [0.5, 0.6) is 0 Å². The molecular weight excluding hydrogens is 490 g/mol. The van der Waals surface area contributed by atoms with Gasteiger partial charge in [0.25, 0.3) is 0 Å². The molecule has 12 heteroatoms. The quantitative estimate of drug-likeness (QED) is 0.458. The van der Waals surface area contributed by atoms with Gasteiger partial charge >= 0.3 is 6.01 Å². The fourth-order valence-electron chi connectivity index (χ4n) is 2.83. The first-order valence-corrected chi connectivity index (χ1v) is 13.5. The second-order valence-electron chi connectivity index (χ2n) is 7.46. The standard InChI is InChI=1S/C21H22ClN3O6S2/c1-14(2)33(29,30)18-6-3-5-15(13-18)20-24-25-21(31-20)23-19(26)7-4-12-32(27,28)17-10-8-16(22)9-11-17/h3,5-6,8-11,13-14H,4,7,12H2,1-2H3,(H,23,25,26). The highest BCUT2D eigenvalue weighted by molar-refractivity contribution is 7.92. The van der Waals surface area contributed by atoms with E-state index in [9.17, 15) is 21.6 Å². The van der Waals surface area contributed by atoms with Gasteiger partial charge in [-0.15, -0.1) is 5.10 Å². The van der Waals surface area contributed by atoms with Gasteiger partial charge in [-0.05, 0) is 62.7 Å². The van der Waals surface area contributed by atoms with Crippen LogP contribution in [0.2, 0.25) is 5.02 Å². The van der Waals surface area contributed by atoms with Gasteiger partial charge in [-0.1, -0.05) is 22.8 Å². The van der Waals surface area contributed by atoms with E-state index in [-0.39, 0.29) is 40.3 Å². The predicted octanol–water partition coefficient (Wildman–Crippen LogP) is 3.76. The van der Waals surface area contributed by atoms with Crippen molar-refractivity contribution in [2.75, 3.05) is 11.1 Å². The van der Waals surface area contributed by atoms with Gasteiger partial charge in [0.1, 0.15) is 0 Å². The summed E-state index contributed by atoms with van der Waals surface area (Å²) in [5.41, 5.74) is 0.388. The van der Waals surface area contributed by atoms with E-state index in [1.165, 1.54) is 36.4 Å². The van der Waals surface area contributed by atoms with E-state index in [0.29, 0.717) is 10.6 Å². The lowest BCUT2D eigenvalue weighted by molar-refractivity contribution is -0.116. The van der Waals surface area contributed by atoms with Crippen molar-refractivity contribution in [3.63, 3.8) is 0 Å². The summed E-state index contributed by atoms with van der Waals surface area (Å²) >= 11 is 5.77. The van der Waals surface area contributed by atoms with Gasteiger partial charge < -0.3 is 4.42 Å². The van der Waals surface area contributed by atoms with Crippen LogP contribution in [0.1, 0.15) is 26.7 Å². The minimum atomic E-state index is -3.54. The third kappa shape index (κ3) is 6.18. The summed E-state index contributed by atoms with van der Waals surface area (Å²) in [6, 6.07) is 11.7. The largest absolute Gasteiger partial charge is 0.403 e. The molecule has 2 aromatic carbocycles. The molecule has 0 spiro atoms. The number of aromatic nitrogens is 2. The van der Waals surface area contributed by atoms with Gasteiger partial charge in [0.15, 0.2) is 19.7 Å². The normalized spacial score (nSPS) is 12.1. The lowest BCUT2D eigenvalue weighted by Crippen LogP contribution is -2.14. The van der Waals surface area contributed by atoms with Crippen molar-refractivity contribution >= 4 is 43.2 Å². The van der Waals surface area contributed by atoms with Crippen LogP contribution in [-0.2, 0) is 24.5 Å². The lowest BCUT2D eigenvalue weighted by Gasteiger charge is -2.08. The summed E-state index contributed by atoms with van der Waals surface area (Å²) in [6.07, 6.45) is 0.0134. The molecule has 0 atom stereocenters. The fourth-order valence-corrected chi connectivity index (χ4v) is 5.37. The molecule has 0 aliphatic rings. The second kappa shape index (κ2) is 10.0. The summed E-state index contributed by atoms with van der Waals surface area (Å²) < 4.78 is 54.8. The van der Waals surface area contributed by atoms with E-state index in [1.54, 1.807) is 26.0 Å². The van der Waals surface area contributed by atoms with E-state index < -0.39 is 30.8 Å². The van der Waals surface area contributed by atoms with Crippen LogP contribution in [0.25, 0.3) is 11.5 Å². The molecule has 9 nitrogen and oxygen atoms in total. The molecule has 3 rings (SSSR count). The zero-order valence-corrected chi connectivity index (χ0v) is 20.2. The molecule has 1 heterocycles. The number of benzene rings is 2. The molecule has 0 bridgehead atoms. The lowest BCUT2D eigenvalue weighted by atomic mass is 10.2. The number of nitrogens with zero attached hydrogens (tertiary/aromatic N) is 2. The minimum absolute atomic E-state index is 0.0384. The van der Waals surface area contributed by atoms with Crippen LogP contribution in [0.3, 0.4) is 0 Å². The maximum Gasteiger partial charge on any atom is 0.322 e. The van der Waals surface area contributed by atoms with E-state index in [0.717, 1.165) is 0 Å². The number of rotatable bonds is 9. The molecule has 0 aliphatic carbocycles. The van der Waals surface area contributed by atoms with Crippen LogP contribution < -0.4 is 5.32 Å². The van der Waals surface area contributed by atoms with Gasteiger partial charge in [0.05, 0.1) is 20.8 Å². The molecule has 1 N–H and O–H groups in total. The molecule has 0 unspecified atom stereocenters. The summed E-state index contributed by atoms with van der Waals surface area (Å²) in [5.74, 6) is -0.669. The van der Waals surface area contributed by atoms with E-state index in [2.05, 4.69) is 15.5 Å². The Bertz CT molecular complexity index is 1350. The molecule has 0 aliphatic heterocycles. The van der Waals surface area contributed by atoms with Gasteiger partial charge in [-0.2, -0.15) is 0 Å². The molecule has 33 heavy (non-hydrogen) atoms. The number of sulfone groups is 2. The van der Waals surface area contributed by atoms with Crippen molar-refractivity contribution in [2.45, 2.75) is 41.7 Å². The van der Waals surface area contributed by atoms with Crippen molar-refractivity contribution in [1.29, 1.82) is 0 Å². The van der Waals surface area contributed by atoms with Crippen LogP contribution in [0.4, 0.5) is 6.01 Å². The zero-order valence-electron chi connectivity index (χ0n) is 17.9. The van der Waals surface area contributed by atoms with Crippen LogP contribution in [0.15, 0.2) is 62.7 Å². The van der Waals surface area contributed by atoms with E-state index >= 15 is 0 Å². The maximum absolute atomic E-state index is 12.4. The number of hydrogen-bond donors (Lipinski definition) is 1. The number of halogens is 1. The van der Waals surface area contributed by atoms with Gasteiger partial charge in [-0.25, -0.2) is 16.8 Å². The SMILES string of the molecule is CC(C)S(=O)(=O)c1cccc(-c2nnc(NC(=O)CCCS(=O)(=O)c3ccc(Cl)cc3)o2)c1. The van der Waals surface area contributed by atoms with Crippen LogP contribution >= 0.6 is 11.6 Å². The first-order valence-electron chi connectivity index (χ1n) is 9.95. The fraction of sp³-hybridized carbons (Fsp3) is 0.286. The number of amides is 1. The van der Waals surface area contributed by atoms with Gasteiger partial charge in [0.2, 0.25) is 11.8 Å². The molecule has 176 valence electrons. The third-order valence-corrected chi connectivity index (χ3v) is 8.91. The summed E-state index contributed by atoms with van der Waals surface area (Å²) in [4.78, 5) is 12.4. The Morgan fingerprint density at radius 2 is 1.73 bits per heavy atom. The van der Waals surface area contributed by atoms with Gasteiger partial charge in [-0.3, -0.25) is 10.1 Å². The summed E-state index contributed by atoms with van der Waals surface area (Å²) in [6.45, 7) is 3.17. The molecule has 0 saturated heterocycles. The van der Waals surface area contributed by atoms with Crippen molar-refractivity contribution in [1.82, 2.24) is 10.2 Å². The Morgan fingerprint density at radius 3 is 2.39 bits per heavy atom. The van der Waals surface area contributed by atoms with Crippen molar-refractivity contribution in [3.8, 4) is 11.5 Å². The minimum Gasteiger partial charge on any atom is -0.403 e. The molecule has 0 radical (unpaired) electrons. The number of anilines is 1. The van der Waals surface area contributed by atoms with Crippen molar-refractivity contribution in [3.05, 3.63) is 53.6 Å². The summed E-state index contributed by atoms with van der Waals surface area (Å²) in [5, 5.41) is 9.85. The number of carbonyl (C=O) groups excluding carboxylic acids is 1. The topological polar surface area (TPSA) is 136 Å². The highest BCUT2D eigenvalue weighted by Gasteiger charge is 2.21. The average Bonchev–Trinajstić information content (AvgIpc) is 3.22. The Balaban J connectivity index is 1.60. The zero-order chi connectivity index (χ0) is 24.2. The molecule has 0 fully saturated rings. The maximum atomic E-state index is 12.4. The third-order valence-electron chi connectivity index (χ3n) is 4.69. The highest BCUT2D eigenvalue weighted by atomic mass is 35.5. The monoisotopic (exact) mass is 511 g/mol. The number of carbonyl (C=O) groups is 1. The average molecular weight is 512 g/mol. The van der Waals surface area contributed by atoms with Crippen LogP contribution in [-0.4, -0.2) is 43.9 Å². The molecule has 1 amide bonds. The highest BCUT2D eigenvalue weighted by Crippen LogP contribution is 2.25. The Labute approximate surface area is 197 Å². The Morgan fingerprint density at radius 1 is 1.03 bits per heavy atom. The first-order chi connectivity index (χ1) is 15.5. The summed E-state index contributed by atoms with van der Waals surface area (Å²) in [7, 11) is -7.02. The Kier molecular flexibility index (Phi) is 7.55. The van der Waals surface area contributed by atoms with Crippen molar-refractivity contribution in [2.24, 2.45) is 0 Å². The molecule has 0 saturated carbocycles. The Hall–Kier alpha value is -2.76. The second-order valence-corrected chi connectivity index (χ2v) is 12.5. The smallest absolute Gasteiger partial charge is 0.322 e. The molecular formula is C21H22ClN3O6S2.